The molecule has 2 N–H and O–H groups in total. The third-order valence-electron chi connectivity index (χ3n) is 3.36. The second-order valence-corrected chi connectivity index (χ2v) is 7.04. The van der Waals surface area contributed by atoms with Crippen molar-refractivity contribution < 1.29 is 13.2 Å². The highest BCUT2D eigenvalue weighted by atomic mass is 32.2. The van der Waals surface area contributed by atoms with Crippen molar-refractivity contribution >= 4 is 10.0 Å². The topological polar surface area (TPSA) is 90.5 Å². The first kappa shape index (κ1) is 15.4. The fourth-order valence-electron chi connectivity index (χ4n) is 2.20. The summed E-state index contributed by atoms with van der Waals surface area (Å²) in [6.07, 6.45) is 3.65. The van der Waals surface area contributed by atoms with Crippen LogP contribution in [0.5, 0.6) is 0 Å². The van der Waals surface area contributed by atoms with E-state index in [0.29, 0.717) is 26.2 Å². The van der Waals surface area contributed by atoms with E-state index in [-0.39, 0.29) is 17.0 Å². The average molecular weight is 302 g/mol. The maximum absolute atomic E-state index is 12.6. The van der Waals surface area contributed by atoms with Gasteiger partial charge in [-0.05, 0) is 26.8 Å². The first-order valence-corrected chi connectivity index (χ1v) is 8.25. The molecule has 1 aliphatic heterocycles. The zero-order valence-electron chi connectivity index (χ0n) is 11.9. The Labute approximate surface area is 119 Å². The standard InChI is InChI=1S/C12H22N4O3S/c1-10-9-19-11(2)7-16(10)20(17,18)12-6-14-15(8-12)5-3-4-13/h6,8,10-11H,3-5,7,9,13H2,1-2H3. The van der Waals surface area contributed by atoms with Gasteiger partial charge in [-0.3, -0.25) is 4.68 Å². The third kappa shape index (κ3) is 3.20. The van der Waals surface area contributed by atoms with E-state index >= 15 is 0 Å². The second-order valence-electron chi connectivity index (χ2n) is 5.15. The summed E-state index contributed by atoms with van der Waals surface area (Å²) in [6.45, 7) is 5.70. The molecule has 20 heavy (non-hydrogen) atoms. The summed E-state index contributed by atoms with van der Waals surface area (Å²) in [5, 5.41) is 4.08. The zero-order chi connectivity index (χ0) is 14.8. The summed E-state index contributed by atoms with van der Waals surface area (Å²) in [4.78, 5) is 0.232. The minimum absolute atomic E-state index is 0.0896. The molecule has 0 saturated carbocycles. The number of morpholine rings is 1. The maximum Gasteiger partial charge on any atom is 0.246 e. The fraction of sp³-hybridized carbons (Fsp3) is 0.750. The van der Waals surface area contributed by atoms with Crippen molar-refractivity contribution in [2.24, 2.45) is 5.73 Å². The van der Waals surface area contributed by atoms with E-state index in [1.165, 1.54) is 10.5 Å². The maximum atomic E-state index is 12.6. The molecular formula is C12H22N4O3S. The van der Waals surface area contributed by atoms with Crippen molar-refractivity contribution in [2.75, 3.05) is 19.7 Å². The van der Waals surface area contributed by atoms with Crippen LogP contribution in [-0.2, 0) is 21.3 Å². The Hall–Kier alpha value is -0.960. The number of rotatable bonds is 5. The van der Waals surface area contributed by atoms with Gasteiger partial charge in [0, 0.05) is 25.3 Å². The Balaban J connectivity index is 2.18. The van der Waals surface area contributed by atoms with Crippen molar-refractivity contribution in [3.05, 3.63) is 12.4 Å². The lowest BCUT2D eigenvalue weighted by Crippen LogP contribution is -2.49. The highest BCUT2D eigenvalue weighted by Crippen LogP contribution is 2.22. The molecule has 1 aliphatic rings. The van der Waals surface area contributed by atoms with Gasteiger partial charge in [0.2, 0.25) is 10.0 Å². The molecule has 0 amide bonds. The molecule has 0 bridgehead atoms. The van der Waals surface area contributed by atoms with Gasteiger partial charge >= 0.3 is 0 Å². The number of ether oxygens (including phenoxy) is 1. The van der Waals surface area contributed by atoms with Crippen molar-refractivity contribution in [1.29, 1.82) is 0 Å². The zero-order valence-corrected chi connectivity index (χ0v) is 12.7. The monoisotopic (exact) mass is 302 g/mol. The lowest BCUT2D eigenvalue weighted by Gasteiger charge is -2.35. The average Bonchev–Trinajstić information content (AvgIpc) is 2.88. The highest BCUT2D eigenvalue weighted by Gasteiger charge is 2.34. The molecule has 0 spiro atoms. The van der Waals surface area contributed by atoms with Gasteiger partial charge in [0.05, 0.1) is 18.9 Å². The quantitative estimate of drug-likeness (QED) is 0.828. The van der Waals surface area contributed by atoms with Gasteiger partial charge in [-0.2, -0.15) is 9.40 Å². The van der Waals surface area contributed by atoms with E-state index in [2.05, 4.69) is 5.10 Å². The Morgan fingerprint density at radius 2 is 2.25 bits per heavy atom. The number of sulfonamides is 1. The molecule has 2 unspecified atom stereocenters. The van der Waals surface area contributed by atoms with Gasteiger partial charge < -0.3 is 10.5 Å². The first-order valence-electron chi connectivity index (χ1n) is 6.81. The van der Waals surface area contributed by atoms with Gasteiger partial charge in [0.25, 0.3) is 0 Å². The molecule has 8 heteroatoms. The van der Waals surface area contributed by atoms with E-state index in [1.54, 1.807) is 10.9 Å². The summed E-state index contributed by atoms with van der Waals surface area (Å²) >= 11 is 0. The number of aromatic nitrogens is 2. The van der Waals surface area contributed by atoms with Gasteiger partial charge in [-0.25, -0.2) is 8.42 Å². The molecule has 2 rings (SSSR count). The fourth-order valence-corrected chi connectivity index (χ4v) is 3.84. The number of aryl methyl sites for hydroxylation is 1. The van der Waals surface area contributed by atoms with E-state index in [9.17, 15) is 8.42 Å². The van der Waals surface area contributed by atoms with E-state index in [0.717, 1.165) is 6.42 Å². The van der Waals surface area contributed by atoms with Gasteiger partial charge in [-0.1, -0.05) is 0 Å². The Bertz CT molecular complexity index is 543. The lowest BCUT2D eigenvalue weighted by molar-refractivity contribution is -0.0170. The van der Waals surface area contributed by atoms with Crippen LogP contribution in [0.25, 0.3) is 0 Å². The predicted octanol–water partition coefficient (Wildman–Crippen LogP) is 0.0298. The molecule has 2 atom stereocenters. The van der Waals surface area contributed by atoms with Crippen LogP contribution in [-0.4, -0.2) is 54.3 Å². The van der Waals surface area contributed by atoms with Gasteiger partial charge in [-0.15, -0.1) is 0 Å². The molecule has 7 nitrogen and oxygen atoms in total. The third-order valence-corrected chi connectivity index (χ3v) is 5.29. The first-order chi connectivity index (χ1) is 9.45. The molecule has 0 aliphatic carbocycles. The van der Waals surface area contributed by atoms with Gasteiger partial charge in [0.1, 0.15) is 4.90 Å². The van der Waals surface area contributed by atoms with Crippen LogP contribution in [0.3, 0.4) is 0 Å². The van der Waals surface area contributed by atoms with Crippen molar-refractivity contribution in [3.63, 3.8) is 0 Å². The van der Waals surface area contributed by atoms with Crippen molar-refractivity contribution in [3.8, 4) is 0 Å². The Kier molecular flexibility index (Phi) is 4.79. The molecule has 0 aromatic carbocycles. The molecule has 2 heterocycles. The Morgan fingerprint density at radius 1 is 1.50 bits per heavy atom. The smallest absolute Gasteiger partial charge is 0.246 e. The lowest BCUT2D eigenvalue weighted by atomic mass is 10.2. The highest BCUT2D eigenvalue weighted by molar-refractivity contribution is 7.89. The summed E-state index contributed by atoms with van der Waals surface area (Å²) in [6, 6.07) is -0.163. The molecular weight excluding hydrogens is 280 g/mol. The SMILES string of the molecule is CC1CN(S(=O)(=O)c2cnn(CCCN)c2)C(C)CO1. The summed E-state index contributed by atoms with van der Waals surface area (Å²) in [5.74, 6) is 0. The summed E-state index contributed by atoms with van der Waals surface area (Å²) in [5.41, 5.74) is 5.44. The second kappa shape index (κ2) is 6.21. The van der Waals surface area contributed by atoms with Crippen LogP contribution >= 0.6 is 0 Å². The summed E-state index contributed by atoms with van der Waals surface area (Å²) < 4.78 is 33.8. The number of hydrogen-bond acceptors (Lipinski definition) is 5. The molecule has 1 aromatic heterocycles. The predicted molar refractivity (Wildman–Crippen MR) is 74.7 cm³/mol. The Morgan fingerprint density at radius 3 is 2.95 bits per heavy atom. The van der Waals surface area contributed by atoms with Crippen LogP contribution in [0, 0.1) is 0 Å². The van der Waals surface area contributed by atoms with Gasteiger partial charge in [0.15, 0.2) is 0 Å². The minimum atomic E-state index is -3.51. The van der Waals surface area contributed by atoms with Crippen LogP contribution in [0.2, 0.25) is 0 Å². The number of nitrogens with zero attached hydrogens (tertiary/aromatic N) is 3. The van der Waals surface area contributed by atoms with Crippen molar-refractivity contribution in [1.82, 2.24) is 14.1 Å². The summed E-state index contributed by atoms with van der Waals surface area (Å²) in [7, 11) is -3.51. The van der Waals surface area contributed by atoms with E-state index in [1.807, 2.05) is 13.8 Å². The van der Waals surface area contributed by atoms with Crippen LogP contribution in [0.1, 0.15) is 20.3 Å². The van der Waals surface area contributed by atoms with E-state index < -0.39 is 10.0 Å². The number of nitrogens with two attached hydrogens (primary N) is 1. The molecule has 1 aromatic rings. The van der Waals surface area contributed by atoms with E-state index in [4.69, 9.17) is 10.5 Å². The molecule has 114 valence electrons. The number of hydrogen-bond donors (Lipinski definition) is 1. The normalized spacial score (nSPS) is 24.9. The molecule has 1 saturated heterocycles. The molecule has 1 fully saturated rings. The largest absolute Gasteiger partial charge is 0.375 e. The van der Waals surface area contributed by atoms with Crippen LogP contribution < -0.4 is 5.73 Å². The van der Waals surface area contributed by atoms with Crippen LogP contribution in [0.4, 0.5) is 0 Å². The van der Waals surface area contributed by atoms with Crippen LogP contribution in [0.15, 0.2) is 17.3 Å². The minimum Gasteiger partial charge on any atom is -0.375 e. The van der Waals surface area contributed by atoms with Crippen molar-refractivity contribution in [2.45, 2.75) is 43.9 Å². The molecule has 0 radical (unpaired) electrons.